The Labute approximate surface area is 175 Å². The van der Waals surface area contributed by atoms with Gasteiger partial charge in [0.05, 0.1) is 0 Å². The maximum absolute atomic E-state index is 13.7. The van der Waals surface area contributed by atoms with Gasteiger partial charge in [-0.05, 0) is 36.1 Å². The van der Waals surface area contributed by atoms with Gasteiger partial charge in [-0.3, -0.25) is 9.69 Å². The second-order valence-electron chi connectivity index (χ2n) is 7.94. The number of carbonyl (C=O) groups excluding carboxylic acids is 2. The van der Waals surface area contributed by atoms with E-state index in [2.05, 4.69) is 15.5 Å². The Kier molecular flexibility index (Phi) is 4.89. The molecule has 30 heavy (non-hydrogen) atoms. The summed E-state index contributed by atoms with van der Waals surface area (Å²) in [5.41, 5.74) is 2.26. The molecule has 7 nitrogen and oxygen atoms in total. The van der Waals surface area contributed by atoms with Gasteiger partial charge in [-0.25, -0.2) is 4.79 Å². The standard InChI is InChI=1S/C23H24N4O3/c1-14(2)20-24-19(30-26-20)13-27-21(28)23(25-22(27)29,17-8-6-5-7-9-17)18-11-10-15(3)16(4)12-18/h5-12,14H,13H2,1-4H3,(H,25,29). The molecule has 1 unspecified atom stereocenters. The molecule has 3 amide bonds. The maximum atomic E-state index is 13.7. The van der Waals surface area contributed by atoms with Crippen LogP contribution in [0.4, 0.5) is 4.79 Å². The lowest BCUT2D eigenvalue weighted by atomic mass is 9.81. The summed E-state index contributed by atoms with van der Waals surface area (Å²) in [6.45, 7) is 7.81. The van der Waals surface area contributed by atoms with Gasteiger partial charge in [0, 0.05) is 5.92 Å². The Balaban J connectivity index is 1.78. The number of rotatable bonds is 5. The van der Waals surface area contributed by atoms with Crippen molar-refractivity contribution in [2.75, 3.05) is 0 Å². The van der Waals surface area contributed by atoms with Gasteiger partial charge in [-0.2, -0.15) is 4.98 Å². The Morgan fingerprint density at radius 3 is 2.40 bits per heavy atom. The molecule has 1 aliphatic rings. The van der Waals surface area contributed by atoms with Crippen LogP contribution in [-0.4, -0.2) is 27.0 Å². The molecule has 1 aliphatic heterocycles. The Morgan fingerprint density at radius 2 is 1.77 bits per heavy atom. The average molecular weight is 404 g/mol. The van der Waals surface area contributed by atoms with Gasteiger partial charge in [-0.15, -0.1) is 0 Å². The molecule has 1 fully saturated rings. The van der Waals surface area contributed by atoms with Crippen molar-refractivity contribution in [3.8, 4) is 0 Å². The van der Waals surface area contributed by atoms with Crippen molar-refractivity contribution >= 4 is 11.9 Å². The Hall–Kier alpha value is -3.48. The Morgan fingerprint density at radius 1 is 1.03 bits per heavy atom. The first-order chi connectivity index (χ1) is 14.3. The number of aromatic nitrogens is 2. The van der Waals surface area contributed by atoms with E-state index in [0.29, 0.717) is 17.0 Å². The molecule has 0 spiro atoms. The Bertz CT molecular complexity index is 1110. The predicted octanol–water partition coefficient (Wildman–Crippen LogP) is 3.81. The molecule has 7 heteroatoms. The van der Waals surface area contributed by atoms with Gasteiger partial charge in [0.25, 0.3) is 5.91 Å². The first-order valence-electron chi connectivity index (χ1n) is 9.92. The van der Waals surface area contributed by atoms with Crippen LogP contribution in [0, 0.1) is 13.8 Å². The molecule has 2 aromatic carbocycles. The van der Waals surface area contributed by atoms with Crippen molar-refractivity contribution in [1.29, 1.82) is 0 Å². The van der Waals surface area contributed by atoms with Gasteiger partial charge >= 0.3 is 6.03 Å². The third kappa shape index (κ3) is 3.16. The van der Waals surface area contributed by atoms with Crippen LogP contribution in [0.3, 0.4) is 0 Å². The third-order valence-electron chi connectivity index (χ3n) is 5.55. The number of imide groups is 1. The van der Waals surface area contributed by atoms with Crippen molar-refractivity contribution in [2.45, 2.75) is 45.7 Å². The molecule has 3 aromatic rings. The highest BCUT2D eigenvalue weighted by Crippen LogP contribution is 2.37. The van der Waals surface area contributed by atoms with Gasteiger partial charge in [0.15, 0.2) is 11.4 Å². The van der Waals surface area contributed by atoms with Crippen molar-refractivity contribution in [1.82, 2.24) is 20.4 Å². The molecule has 1 aromatic heterocycles. The maximum Gasteiger partial charge on any atom is 0.326 e. The van der Waals surface area contributed by atoms with E-state index in [4.69, 9.17) is 4.52 Å². The number of benzene rings is 2. The number of amides is 3. The highest BCUT2D eigenvalue weighted by atomic mass is 16.5. The van der Waals surface area contributed by atoms with Crippen LogP contribution in [0.15, 0.2) is 53.1 Å². The first kappa shape index (κ1) is 19.8. The first-order valence-corrected chi connectivity index (χ1v) is 9.92. The number of aryl methyl sites for hydroxylation is 2. The van der Waals surface area contributed by atoms with Crippen molar-refractivity contribution in [3.63, 3.8) is 0 Å². The van der Waals surface area contributed by atoms with E-state index in [-0.39, 0.29) is 24.3 Å². The van der Waals surface area contributed by atoms with Crippen molar-refractivity contribution < 1.29 is 14.1 Å². The molecular weight excluding hydrogens is 380 g/mol. The molecule has 1 atom stereocenters. The summed E-state index contributed by atoms with van der Waals surface area (Å²) >= 11 is 0. The van der Waals surface area contributed by atoms with Crippen LogP contribution >= 0.6 is 0 Å². The van der Waals surface area contributed by atoms with Crippen LogP contribution in [0.5, 0.6) is 0 Å². The molecule has 1 N–H and O–H groups in total. The summed E-state index contributed by atoms with van der Waals surface area (Å²) in [5.74, 6) is 0.488. The van der Waals surface area contributed by atoms with Crippen molar-refractivity contribution in [2.24, 2.45) is 0 Å². The summed E-state index contributed by atoms with van der Waals surface area (Å²) in [4.78, 5) is 32.1. The fourth-order valence-corrected chi connectivity index (χ4v) is 3.64. The number of hydrogen-bond acceptors (Lipinski definition) is 5. The summed E-state index contributed by atoms with van der Waals surface area (Å²) in [6, 6.07) is 14.6. The van der Waals surface area contributed by atoms with E-state index in [1.807, 2.05) is 76.2 Å². The molecule has 1 saturated heterocycles. The fraction of sp³-hybridized carbons (Fsp3) is 0.304. The SMILES string of the molecule is Cc1ccc(C2(c3ccccc3)NC(=O)N(Cc3nc(C(C)C)no3)C2=O)cc1C. The van der Waals surface area contributed by atoms with Crippen LogP contribution in [-0.2, 0) is 16.9 Å². The van der Waals surface area contributed by atoms with Crippen LogP contribution in [0.1, 0.15) is 53.7 Å². The molecule has 0 aliphatic carbocycles. The normalized spacial score (nSPS) is 18.9. The highest BCUT2D eigenvalue weighted by molar-refractivity contribution is 6.09. The summed E-state index contributed by atoms with van der Waals surface area (Å²) in [7, 11) is 0. The van der Waals surface area contributed by atoms with E-state index in [0.717, 1.165) is 16.0 Å². The van der Waals surface area contributed by atoms with Gasteiger partial charge in [-0.1, -0.05) is 67.5 Å². The monoisotopic (exact) mass is 404 g/mol. The lowest BCUT2D eigenvalue weighted by Gasteiger charge is -2.28. The number of nitrogens with zero attached hydrogens (tertiary/aromatic N) is 3. The van der Waals surface area contributed by atoms with Gasteiger partial charge in [0.1, 0.15) is 6.54 Å². The van der Waals surface area contributed by atoms with Gasteiger partial charge in [0.2, 0.25) is 5.89 Å². The molecule has 0 bridgehead atoms. The van der Waals surface area contributed by atoms with E-state index in [9.17, 15) is 9.59 Å². The molecule has 0 saturated carbocycles. The van der Waals surface area contributed by atoms with E-state index in [1.165, 1.54) is 0 Å². The topological polar surface area (TPSA) is 88.3 Å². The van der Waals surface area contributed by atoms with Crippen molar-refractivity contribution in [3.05, 3.63) is 82.5 Å². The molecule has 154 valence electrons. The summed E-state index contributed by atoms with van der Waals surface area (Å²) in [5, 5.41) is 6.87. The number of nitrogens with one attached hydrogen (secondary N) is 1. The predicted molar refractivity (Wildman–Crippen MR) is 111 cm³/mol. The third-order valence-corrected chi connectivity index (χ3v) is 5.55. The van der Waals surface area contributed by atoms with Crippen LogP contribution < -0.4 is 5.32 Å². The largest absolute Gasteiger partial charge is 0.337 e. The zero-order valence-corrected chi connectivity index (χ0v) is 17.5. The lowest BCUT2D eigenvalue weighted by molar-refractivity contribution is -0.130. The number of urea groups is 1. The van der Waals surface area contributed by atoms with E-state index < -0.39 is 11.6 Å². The zero-order valence-electron chi connectivity index (χ0n) is 17.5. The minimum Gasteiger partial charge on any atom is -0.337 e. The summed E-state index contributed by atoms with van der Waals surface area (Å²) < 4.78 is 5.26. The zero-order chi connectivity index (χ0) is 21.5. The smallest absolute Gasteiger partial charge is 0.326 e. The second kappa shape index (κ2) is 7.40. The van der Waals surface area contributed by atoms with E-state index in [1.54, 1.807) is 0 Å². The second-order valence-corrected chi connectivity index (χ2v) is 7.94. The van der Waals surface area contributed by atoms with Crippen LogP contribution in [0.2, 0.25) is 0 Å². The summed E-state index contributed by atoms with van der Waals surface area (Å²) in [6.07, 6.45) is 0. The minimum absolute atomic E-state index is 0.0795. The molecular formula is C23H24N4O3. The number of carbonyl (C=O) groups is 2. The molecule has 4 rings (SSSR count). The van der Waals surface area contributed by atoms with Gasteiger partial charge < -0.3 is 9.84 Å². The highest BCUT2D eigenvalue weighted by Gasteiger charge is 2.54. The quantitative estimate of drug-likeness (QED) is 0.654. The van der Waals surface area contributed by atoms with Crippen LogP contribution in [0.25, 0.3) is 0 Å². The lowest BCUT2D eigenvalue weighted by Crippen LogP contribution is -2.45. The minimum atomic E-state index is -1.31. The van der Waals surface area contributed by atoms with E-state index >= 15 is 0 Å². The molecule has 2 heterocycles. The fourth-order valence-electron chi connectivity index (χ4n) is 3.64. The number of hydrogen-bond donors (Lipinski definition) is 1. The molecule has 0 radical (unpaired) electrons. The average Bonchev–Trinajstić information content (AvgIpc) is 3.30.